The molecule has 3 aromatic rings. The molecule has 2 heterocycles. The lowest BCUT2D eigenvalue weighted by molar-refractivity contribution is 0.400. The maximum Gasteiger partial charge on any atom is 0.252 e. The van der Waals surface area contributed by atoms with Gasteiger partial charge in [0.05, 0.1) is 0 Å². The van der Waals surface area contributed by atoms with Crippen LogP contribution in [0.15, 0.2) is 59.4 Å². The third-order valence-corrected chi connectivity index (χ3v) is 2.30. The molecule has 0 aliphatic heterocycles. The summed E-state index contributed by atoms with van der Waals surface area (Å²) in [5.74, 6) is 0.615. The van der Waals surface area contributed by atoms with Crippen molar-refractivity contribution >= 4 is 0 Å². The quantitative estimate of drug-likeness (QED) is 0.654. The molecular formula is C12H9N3O. The van der Waals surface area contributed by atoms with Crippen molar-refractivity contribution in [2.75, 3.05) is 0 Å². The van der Waals surface area contributed by atoms with E-state index in [4.69, 9.17) is 4.52 Å². The van der Waals surface area contributed by atoms with Gasteiger partial charge in [-0.1, -0.05) is 35.5 Å². The maximum atomic E-state index is 5.21. The van der Waals surface area contributed by atoms with Crippen LogP contribution in [0.3, 0.4) is 0 Å². The lowest BCUT2D eigenvalue weighted by Gasteiger charge is -1.91. The second-order valence-corrected chi connectivity index (χ2v) is 3.37. The molecule has 4 heteroatoms. The number of benzene rings is 1. The van der Waals surface area contributed by atoms with Crippen LogP contribution in [0.2, 0.25) is 0 Å². The van der Waals surface area contributed by atoms with Gasteiger partial charge in [-0.25, -0.2) is 4.68 Å². The minimum Gasteiger partial charge on any atom is -0.336 e. The first kappa shape index (κ1) is 8.91. The Balaban J connectivity index is 2.00. The fourth-order valence-electron chi connectivity index (χ4n) is 1.52. The third kappa shape index (κ3) is 1.50. The smallest absolute Gasteiger partial charge is 0.252 e. The molecule has 0 atom stereocenters. The summed E-state index contributed by atoms with van der Waals surface area (Å²) in [6.07, 6.45) is 3.51. The fraction of sp³-hybridized carbons (Fsp3) is 0. The molecule has 3 rings (SSSR count). The summed E-state index contributed by atoms with van der Waals surface area (Å²) in [4.78, 5) is 0. The van der Waals surface area contributed by atoms with Gasteiger partial charge in [0.2, 0.25) is 0 Å². The van der Waals surface area contributed by atoms with Crippen molar-refractivity contribution in [3.63, 3.8) is 0 Å². The Bertz CT molecular complexity index is 569. The van der Waals surface area contributed by atoms with Gasteiger partial charge in [0.15, 0.2) is 0 Å². The summed E-state index contributed by atoms with van der Waals surface area (Å²) < 4.78 is 6.85. The highest BCUT2D eigenvalue weighted by molar-refractivity contribution is 5.59. The van der Waals surface area contributed by atoms with Gasteiger partial charge >= 0.3 is 0 Å². The Labute approximate surface area is 92.1 Å². The molecular weight excluding hydrogens is 202 g/mol. The van der Waals surface area contributed by atoms with Crippen molar-refractivity contribution in [3.8, 4) is 17.1 Å². The first-order chi connectivity index (χ1) is 7.93. The molecule has 0 spiro atoms. The fourth-order valence-corrected chi connectivity index (χ4v) is 1.52. The molecule has 16 heavy (non-hydrogen) atoms. The zero-order valence-corrected chi connectivity index (χ0v) is 8.45. The van der Waals surface area contributed by atoms with Gasteiger partial charge in [-0.15, -0.1) is 0 Å². The highest BCUT2D eigenvalue weighted by atomic mass is 16.5. The summed E-state index contributed by atoms with van der Waals surface area (Å²) >= 11 is 0. The average Bonchev–Trinajstić information content (AvgIpc) is 3.01. The normalized spacial score (nSPS) is 10.5. The molecule has 0 saturated carbocycles. The van der Waals surface area contributed by atoms with Crippen LogP contribution in [0, 0.1) is 0 Å². The second kappa shape index (κ2) is 3.66. The van der Waals surface area contributed by atoms with E-state index in [1.165, 1.54) is 0 Å². The van der Waals surface area contributed by atoms with Crippen molar-refractivity contribution in [1.29, 1.82) is 0 Å². The van der Waals surface area contributed by atoms with Crippen LogP contribution in [0.1, 0.15) is 0 Å². The van der Waals surface area contributed by atoms with E-state index in [0.717, 1.165) is 11.3 Å². The minimum atomic E-state index is 0.615. The molecule has 0 radical (unpaired) electrons. The van der Waals surface area contributed by atoms with E-state index in [2.05, 4.69) is 10.3 Å². The highest BCUT2D eigenvalue weighted by Gasteiger charge is 2.07. The Morgan fingerprint density at radius 2 is 1.94 bits per heavy atom. The maximum absolute atomic E-state index is 5.21. The standard InChI is InChI=1S/C12H9N3O/c1-2-5-10(6-3-1)11-9-12(16-14-11)15-8-4-7-13-15/h1-9H. The van der Waals surface area contributed by atoms with Gasteiger partial charge in [0.1, 0.15) is 5.69 Å². The van der Waals surface area contributed by atoms with Crippen LogP contribution < -0.4 is 0 Å². The Hall–Kier alpha value is -2.36. The minimum absolute atomic E-state index is 0.615. The van der Waals surface area contributed by atoms with Gasteiger partial charge < -0.3 is 4.52 Å². The highest BCUT2D eigenvalue weighted by Crippen LogP contribution is 2.19. The topological polar surface area (TPSA) is 43.9 Å². The van der Waals surface area contributed by atoms with E-state index < -0.39 is 0 Å². The van der Waals surface area contributed by atoms with E-state index in [9.17, 15) is 0 Å². The molecule has 0 fully saturated rings. The van der Waals surface area contributed by atoms with E-state index in [1.54, 1.807) is 10.9 Å². The van der Waals surface area contributed by atoms with Gasteiger partial charge in [-0.05, 0) is 6.07 Å². The monoisotopic (exact) mass is 211 g/mol. The van der Waals surface area contributed by atoms with Crippen LogP contribution in [0.25, 0.3) is 17.1 Å². The first-order valence-electron chi connectivity index (χ1n) is 4.96. The van der Waals surface area contributed by atoms with Crippen LogP contribution in [-0.2, 0) is 0 Å². The predicted octanol–water partition coefficient (Wildman–Crippen LogP) is 2.53. The number of hydrogen-bond donors (Lipinski definition) is 0. The zero-order chi connectivity index (χ0) is 10.8. The summed E-state index contributed by atoms with van der Waals surface area (Å²) in [5, 5.41) is 8.08. The summed E-state index contributed by atoms with van der Waals surface area (Å²) in [5.41, 5.74) is 1.84. The van der Waals surface area contributed by atoms with E-state index in [-0.39, 0.29) is 0 Å². The Morgan fingerprint density at radius 1 is 1.06 bits per heavy atom. The van der Waals surface area contributed by atoms with Gasteiger partial charge in [-0.2, -0.15) is 5.10 Å². The van der Waals surface area contributed by atoms with Gasteiger partial charge in [-0.3, -0.25) is 0 Å². The van der Waals surface area contributed by atoms with Crippen LogP contribution in [0.4, 0.5) is 0 Å². The van der Waals surface area contributed by atoms with E-state index in [1.807, 2.05) is 48.7 Å². The number of nitrogens with zero attached hydrogens (tertiary/aromatic N) is 3. The van der Waals surface area contributed by atoms with Crippen LogP contribution in [-0.4, -0.2) is 14.9 Å². The van der Waals surface area contributed by atoms with Gasteiger partial charge in [0, 0.05) is 24.0 Å². The third-order valence-electron chi connectivity index (χ3n) is 2.30. The van der Waals surface area contributed by atoms with Crippen molar-refractivity contribution in [3.05, 3.63) is 54.9 Å². The number of aromatic nitrogens is 3. The Morgan fingerprint density at radius 3 is 2.69 bits per heavy atom. The summed E-state index contributed by atoms with van der Waals surface area (Å²) in [6, 6.07) is 13.6. The second-order valence-electron chi connectivity index (χ2n) is 3.37. The van der Waals surface area contributed by atoms with Crippen molar-refractivity contribution in [2.24, 2.45) is 0 Å². The largest absolute Gasteiger partial charge is 0.336 e. The van der Waals surface area contributed by atoms with Crippen LogP contribution in [0.5, 0.6) is 0 Å². The molecule has 0 bridgehead atoms. The van der Waals surface area contributed by atoms with E-state index >= 15 is 0 Å². The number of rotatable bonds is 2. The molecule has 0 aliphatic rings. The first-order valence-corrected chi connectivity index (χ1v) is 4.96. The lowest BCUT2D eigenvalue weighted by Crippen LogP contribution is -1.90. The molecule has 0 N–H and O–H groups in total. The van der Waals surface area contributed by atoms with E-state index in [0.29, 0.717) is 5.88 Å². The summed E-state index contributed by atoms with van der Waals surface area (Å²) in [6.45, 7) is 0. The number of hydrogen-bond acceptors (Lipinski definition) is 3. The lowest BCUT2D eigenvalue weighted by atomic mass is 10.2. The molecule has 0 aliphatic carbocycles. The van der Waals surface area contributed by atoms with Crippen molar-refractivity contribution < 1.29 is 4.52 Å². The zero-order valence-electron chi connectivity index (χ0n) is 8.45. The molecule has 78 valence electrons. The molecule has 0 unspecified atom stereocenters. The van der Waals surface area contributed by atoms with Crippen molar-refractivity contribution in [2.45, 2.75) is 0 Å². The SMILES string of the molecule is c1ccc(-c2cc(-n3cccn3)on2)cc1. The molecule has 4 nitrogen and oxygen atoms in total. The summed E-state index contributed by atoms with van der Waals surface area (Å²) in [7, 11) is 0. The molecule has 0 saturated heterocycles. The molecule has 2 aromatic heterocycles. The van der Waals surface area contributed by atoms with Crippen molar-refractivity contribution in [1.82, 2.24) is 14.9 Å². The molecule has 1 aromatic carbocycles. The Kier molecular flexibility index (Phi) is 2.04. The average molecular weight is 211 g/mol. The molecule has 0 amide bonds. The van der Waals surface area contributed by atoms with Gasteiger partial charge in [0.25, 0.3) is 5.88 Å². The van der Waals surface area contributed by atoms with Crippen LogP contribution >= 0.6 is 0 Å². The predicted molar refractivity (Wildman–Crippen MR) is 59.1 cm³/mol.